The highest BCUT2D eigenvalue weighted by Gasteiger charge is 1.79. The van der Waals surface area contributed by atoms with Gasteiger partial charge in [0.05, 0.1) is 0 Å². The summed E-state index contributed by atoms with van der Waals surface area (Å²) in [5, 5.41) is 3.10. The molecule has 0 bridgehead atoms. The molecule has 0 unspecified atom stereocenters. The number of nitrogens with one attached hydrogen (secondary N) is 1. The second-order valence-electron chi connectivity index (χ2n) is 3.43. The topological polar surface area (TPSA) is 12.0 Å². The molecule has 0 heterocycles. The van der Waals surface area contributed by atoms with Crippen LogP contribution >= 0.6 is 0 Å². The van der Waals surface area contributed by atoms with E-state index in [2.05, 4.69) is 18.8 Å². The molecule has 15 heavy (non-hydrogen) atoms. The summed E-state index contributed by atoms with van der Waals surface area (Å²) in [6.45, 7) is 7.02. The van der Waals surface area contributed by atoms with E-state index in [0.717, 1.165) is 0 Å². The van der Waals surface area contributed by atoms with Crippen molar-refractivity contribution in [2.75, 3.05) is 13.6 Å². The molecule has 1 aromatic carbocycles. The molecule has 1 heteroatoms. The third kappa shape index (κ3) is 9.23. The molecule has 0 saturated heterocycles. The average Bonchev–Trinajstić information content (AvgIpc) is 2.32. The first kappa shape index (κ1) is 13.9. The van der Waals surface area contributed by atoms with E-state index in [9.17, 15) is 0 Å². The SMILES string of the molecule is C=Cc1ccccc1.CCCCCNC. The van der Waals surface area contributed by atoms with Gasteiger partial charge in [0.2, 0.25) is 0 Å². The van der Waals surface area contributed by atoms with E-state index in [1.807, 2.05) is 43.5 Å². The first-order chi connectivity index (χ1) is 7.35. The maximum atomic E-state index is 3.63. The lowest BCUT2D eigenvalue weighted by Crippen LogP contribution is -2.06. The summed E-state index contributed by atoms with van der Waals surface area (Å²) in [5.74, 6) is 0. The number of hydrogen-bond donors (Lipinski definition) is 1. The lowest BCUT2D eigenvalue weighted by molar-refractivity contribution is 0.667. The first-order valence-electron chi connectivity index (χ1n) is 5.67. The summed E-state index contributed by atoms with van der Waals surface area (Å²) in [7, 11) is 2.00. The molecule has 0 radical (unpaired) electrons. The Morgan fingerprint density at radius 1 is 1.20 bits per heavy atom. The Morgan fingerprint density at radius 2 is 1.87 bits per heavy atom. The number of benzene rings is 1. The van der Waals surface area contributed by atoms with Crippen molar-refractivity contribution in [3.63, 3.8) is 0 Å². The fourth-order valence-corrected chi connectivity index (χ4v) is 1.14. The zero-order valence-electron chi connectivity index (χ0n) is 10.00. The van der Waals surface area contributed by atoms with Gasteiger partial charge in [0.15, 0.2) is 0 Å². The van der Waals surface area contributed by atoms with Crippen molar-refractivity contribution in [3.8, 4) is 0 Å². The Morgan fingerprint density at radius 3 is 2.27 bits per heavy atom. The van der Waals surface area contributed by atoms with Crippen molar-refractivity contribution < 1.29 is 0 Å². The quantitative estimate of drug-likeness (QED) is 0.722. The first-order valence-corrected chi connectivity index (χ1v) is 5.67. The van der Waals surface area contributed by atoms with Gasteiger partial charge < -0.3 is 5.32 Å². The summed E-state index contributed by atoms with van der Waals surface area (Å²) < 4.78 is 0. The standard InChI is InChI=1S/C8H8.C6H15N/c1-2-8-6-4-3-5-7-8;1-3-4-5-6-7-2/h2-7H,1H2;7H,3-6H2,1-2H3. The van der Waals surface area contributed by atoms with E-state index >= 15 is 0 Å². The Kier molecular flexibility index (Phi) is 10.2. The van der Waals surface area contributed by atoms with Gasteiger partial charge in [-0.05, 0) is 25.6 Å². The molecule has 1 rings (SSSR count). The normalized spacial score (nSPS) is 8.93. The van der Waals surface area contributed by atoms with Crippen LogP contribution < -0.4 is 5.32 Å². The number of hydrogen-bond acceptors (Lipinski definition) is 1. The van der Waals surface area contributed by atoms with Crippen LogP contribution in [-0.2, 0) is 0 Å². The van der Waals surface area contributed by atoms with E-state index in [-0.39, 0.29) is 0 Å². The van der Waals surface area contributed by atoms with Crippen molar-refractivity contribution in [2.45, 2.75) is 26.2 Å². The van der Waals surface area contributed by atoms with Crippen molar-refractivity contribution in [1.82, 2.24) is 5.32 Å². The van der Waals surface area contributed by atoms with Gasteiger partial charge in [0, 0.05) is 0 Å². The maximum Gasteiger partial charge on any atom is -0.00519 e. The maximum absolute atomic E-state index is 3.63. The van der Waals surface area contributed by atoms with Crippen LogP contribution in [0.5, 0.6) is 0 Å². The van der Waals surface area contributed by atoms with E-state index in [1.165, 1.54) is 31.4 Å². The Bertz CT molecular complexity index is 224. The molecule has 0 fully saturated rings. The van der Waals surface area contributed by atoms with E-state index < -0.39 is 0 Å². The van der Waals surface area contributed by atoms with Gasteiger partial charge >= 0.3 is 0 Å². The minimum Gasteiger partial charge on any atom is -0.320 e. The second kappa shape index (κ2) is 11.0. The lowest BCUT2D eigenvalue weighted by atomic mass is 10.2. The fraction of sp³-hybridized carbons (Fsp3) is 0.429. The van der Waals surface area contributed by atoms with Crippen LogP contribution in [0.2, 0.25) is 0 Å². The predicted molar refractivity (Wildman–Crippen MR) is 70.0 cm³/mol. The van der Waals surface area contributed by atoms with Crippen LogP contribution in [0.1, 0.15) is 31.7 Å². The average molecular weight is 205 g/mol. The summed E-state index contributed by atoms with van der Waals surface area (Å²) >= 11 is 0. The van der Waals surface area contributed by atoms with E-state index in [0.29, 0.717) is 0 Å². The van der Waals surface area contributed by atoms with Crippen LogP contribution in [0.25, 0.3) is 6.08 Å². The molecule has 1 aromatic rings. The minimum atomic E-state index is 1.17. The summed E-state index contributed by atoms with van der Waals surface area (Å²) in [6.07, 6.45) is 5.84. The van der Waals surface area contributed by atoms with Gasteiger partial charge in [-0.2, -0.15) is 0 Å². The fourth-order valence-electron chi connectivity index (χ4n) is 1.14. The van der Waals surface area contributed by atoms with Crippen LogP contribution in [-0.4, -0.2) is 13.6 Å². The molecule has 0 spiro atoms. The van der Waals surface area contributed by atoms with Gasteiger partial charge in [0.1, 0.15) is 0 Å². The molecule has 0 aliphatic carbocycles. The van der Waals surface area contributed by atoms with Crippen LogP contribution in [0, 0.1) is 0 Å². The van der Waals surface area contributed by atoms with Gasteiger partial charge in [0.25, 0.3) is 0 Å². The highest BCUT2D eigenvalue weighted by atomic mass is 14.8. The predicted octanol–water partition coefficient (Wildman–Crippen LogP) is 3.73. The van der Waals surface area contributed by atoms with Gasteiger partial charge in [-0.25, -0.2) is 0 Å². The highest BCUT2D eigenvalue weighted by Crippen LogP contribution is 1.97. The Hall–Kier alpha value is -1.08. The van der Waals surface area contributed by atoms with E-state index in [4.69, 9.17) is 0 Å². The lowest BCUT2D eigenvalue weighted by Gasteiger charge is -1.93. The van der Waals surface area contributed by atoms with Crippen molar-refractivity contribution >= 4 is 6.08 Å². The number of rotatable bonds is 5. The van der Waals surface area contributed by atoms with E-state index in [1.54, 1.807) is 0 Å². The smallest absolute Gasteiger partial charge is 0.00519 e. The van der Waals surface area contributed by atoms with Gasteiger partial charge in [-0.3, -0.25) is 0 Å². The molecule has 0 aliphatic rings. The van der Waals surface area contributed by atoms with Gasteiger partial charge in [-0.15, -0.1) is 0 Å². The van der Waals surface area contributed by atoms with Crippen LogP contribution in [0.3, 0.4) is 0 Å². The molecule has 0 saturated carbocycles. The second-order valence-corrected chi connectivity index (χ2v) is 3.43. The van der Waals surface area contributed by atoms with Crippen molar-refractivity contribution in [2.24, 2.45) is 0 Å². The summed E-state index contributed by atoms with van der Waals surface area (Å²) in [6, 6.07) is 10.0. The molecule has 1 N–H and O–H groups in total. The zero-order chi connectivity index (χ0) is 11.4. The van der Waals surface area contributed by atoms with Crippen LogP contribution in [0.15, 0.2) is 36.9 Å². The number of unbranched alkanes of at least 4 members (excludes halogenated alkanes) is 2. The monoisotopic (exact) mass is 205 g/mol. The zero-order valence-corrected chi connectivity index (χ0v) is 10.00. The molecule has 0 atom stereocenters. The Labute approximate surface area is 94.2 Å². The molecule has 0 aliphatic heterocycles. The van der Waals surface area contributed by atoms with Crippen molar-refractivity contribution in [1.29, 1.82) is 0 Å². The van der Waals surface area contributed by atoms with Crippen molar-refractivity contribution in [3.05, 3.63) is 42.5 Å². The molecule has 84 valence electrons. The summed E-state index contributed by atoms with van der Waals surface area (Å²) in [4.78, 5) is 0. The highest BCUT2D eigenvalue weighted by molar-refractivity contribution is 5.45. The third-order valence-corrected chi connectivity index (χ3v) is 2.07. The molecular weight excluding hydrogens is 182 g/mol. The third-order valence-electron chi connectivity index (χ3n) is 2.07. The molecule has 0 aromatic heterocycles. The molecule has 0 amide bonds. The van der Waals surface area contributed by atoms with Gasteiger partial charge in [-0.1, -0.05) is 62.8 Å². The molecule has 1 nitrogen and oxygen atoms in total. The summed E-state index contributed by atoms with van der Waals surface area (Å²) in [5.41, 5.74) is 1.17. The molecular formula is C14H23N. The minimum absolute atomic E-state index is 1.17. The van der Waals surface area contributed by atoms with Crippen LogP contribution in [0.4, 0.5) is 0 Å². The Balaban J connectivity index is 0.000000265. The largest absolute Gasteiger partial charge is 0.320 e.